The highest BCUT2D eigenvalue weighted by molar-refractivity contribution is 5.66. The topological polar surface area (TPSA) is 61.4 Å². The van der Waals surface area contributed by atoms with Crippen molar-refractivity contribution in [2.24, 2.45) is 5.92 Å². The largest absolute Gasteiger partial charge is 0.493 e. The summed E-state index contributed by atoms with van der Waals surface area (Å²) in [5.41, 5.74) is -4.07. The average Bonchev–Trinajstić information content (AvgIpc) is 3.05. The highest BCUT2D eigenvalue weighted by Crippen LogP contribution is 2.50. The maximum atomic E-state index is 14.0. The van der Waals surface area contributed by atoms with Crippen molar-refractivity contribution in [2.45, 2.75) is 31.5 Å². The molecule has 0 spiro atoms. The van der Waals surface area contributed by atoms with Crippen LogP contribution in [0.15, 0.2) is 29.5 Å². The lowest BCUT2D eigenvalue weighted by atomic mass is 10.1. The molecule has 30 heavy (non-hydrogen) atoms. The van der Waals surface area contributed by atoms with Crippen LogP contribution in [0.5, 0.6) is 5.75 Å². The quantitative estimate of drug-likeness (QED) is 0.576. The van der Waals surface area contributed by atoms with Gasteiger partial charge < -0.3 is 4.74 Å². The number of nitrogens with zero attached hydrogens (tertiary/aromatic N) is 4. The molecule has 0 saturated heterocycles. The third-order valence-electron chi connectivity index (χ3n) is 4.95. The summed E-state index contributed by atoms with van der Waals surface area (Å²) in [6, 6.07) is 0.884. The molecule has 3 aromatic heterocycles. The van der Waals surface area contributed by atoms with E-state index < -0.39 is 46.3 Å². The lowest BCUT2D eigenvalue weighted by Crippen LogP contribution is -2.24. The number of pyridine rings is 1. The number of fused-ring (bicyclic) bond motifs is 1. The van der Waals surface area contributed by atoms with Crippen LogP contribution in [0.4, 0.5) is 26.3 Å². The number of ether oxygens (including phenoxy) is 1. The average molecular weight is 432 g/mol. The molecule has 0 N–H and O–H groups in total. The molecule has 6 nitrogen and oxygen atoms in total. The third kappa shape index (κ3) is 3.50. The maximum Gasteiger partial charge on any atom is 0.434 e. The molecule has 1 aliphatic rings. The second-order valence-corrected chi connectivity index (χ2v) is 7.00. The molecule has 12 heteroatoms. The summed E-state index contributed by atoms with van der Waals surface area (Å²) >= 11 is 0. The van der Waals surface area contributed by atoms with Gasteiger partial charge in [-0.05, 0) is 6.42 Å². The summed E-state index contributed by atoms with van der Waals surface area (Å²) in [5, 5.41) is 3.86. The SMILES string of the molecule is COc1cc2nc(C(F)(F)F)c(-c3cnn(CC[C@@H]4CC4(F)F)c3)c(=O)n2cc1F. The van der Waals surface area contributed by atoms with Crippen LogP contribution >= 0.6 is 0 Å². The van der Waals surface area contributed by atoms with Crippen LogP contribution in [-0.2, 0) is 12.7 Å². The molecule has 3 heterocycles. The zero-order chi connectivity index (χ0) is 21.8. The lowest BCUT2D eigenvalue weighted by molar-refractivity contribution is -0.140. The van der Waals surface area contributed by atoms with Crippen molar-refractivity contribution in [3.05, 3.63) is 46.5 Å². The number of hydrogen-bond donors (Lipinski definition) is 0. The Balaban J connectivity index is 1.79. The molecule has 0 aromatic carbocycles. The van der Waals surface area contributed by atoms with Crippen molar-refractivity contribution < 1.29 is 31.1 Å². The molecule has 1 fully saturated rings. The number of halogens is 6. The number of aromatic nitrogens is 4. The van der Waals surface area contributed by atoms with Gasteiger partial charge in [-0.25, -0.2) is 18.2 Å². The first-order chi connectivity index (χ1) is 14.0. The standard InChI is InChI=1S/C18H14F6N4O2/c1-30-12-4-13-26-15(18(22,23)24)14(16(29)28(13)8-11(12)19)9-6-25-27(7-9)3-2-10-5-17(10,20)21/h4,6-8,10H,2-3,5H2,1H3/t10-/m1/s1. The van der Waals surface area contributed by atoms with Gasteiger partial charge in [0.2, 0.25) is 0 Å². The van der Waals surface area contributed by atoms with E-state index in [1.54, 1.807) is 0 Å². The molecule has 1 aliphatic carbocycles. The minimum absolute atomic E-state index is 0.0514. The lowest BCUT2D eigenvalue weighted by Gasteiger charge is -2.13. The monoisotopic (exact) mass is 432 g/mol. The van der Waals surface area contributed by atoms with Crippen LogP contribution in [0.3, 0.4) is 0 Å². The number of hydrogen-bond acceptors (Lipinski definition) is 4. The molecule has 0 aliphatic heterocycles. The Morgan fingerprint density at radius 1 is 1.30 bits per heavy atom. The summed E-state index contributed by atoms with van der Waals surface area (Å²) in [6.45, 7) is 0.0514. The smallest absolute Gasteiger partial charge is 0.434 e. The van der Waals surface area contributed by atoms with Gasteiger partial charge in [-0.2, -0.15) is 18.3 Å². The van der Waals surface area contributed by atoms with Crippen LogP contribution in [0.1, 0.15) is 18.5 Å². The van der Waals surface area contributed by atoms with E-state index >= 15 is 0 Å². The fraction of sp³-hybridized carbons (Fsp3) is 0.389. The molecule has 0 amide bonds. The molecule has 4 rings (SSSR count). The Kier molecular flexibility index (Phi) is 4.55. The van der Waals surface area contributed by atoms with E-state index in [2.05, 4.69) is 10.1 Å². The Labute approximate surface area is 164 Å². The molecule has 0 bridgehead atoms. The highest BCUT2D eigenvalue weighted by atomic mass is 19.4. The van der Waals surface area contributed by atoms with E-state index in [4.69, 9.17) is 4.74 Å². The number of aryl methyl sites for hydroxylation is 1. The summed E-state index contributed by atoms with van der Waals surface area (Å²) < 4.78 is 87.4. The number of methoxy groups -OCH3 is 1. The molecule has 160 valence electrons. The minimum Gasteiger partial charge on any atom is -0.493 e. The molecule has 0 radical (unpaired) electrons. The first-order valence-electron chi connectivity index (χ1n) is 8.79. The van der Waals surface area contributed by atoms with Crippen molar-refractivity contribution in [1.82, 2.24) is 19.2 Å². The van der Waals surface area contributed by atoms with Gasteiger partial charge in [-0.15, -0.1) is 0 Å². The van der Waals surface area contributed by atoms with E-state index in [1.807, 2.05) is 0 Å². The van der Waals surface area contributed by atoms with Crippen LogP contribution < -0.4 is 10.3 Å². The Morgan fingerprint density at radius 3 is 2.60 bits per heavy atom. The fourth-order valence-corrected chi connectivity index (χ4v) is 3.25. The zero-order valence-electron chi connectivity index (χ0n) is 15.4. The van der Waals surface area contributed by atoms with Gasteiger partial charge in [0.25, 0.3) is 11.5 Å². The molecule has 0 unspecified atom stereocenters. The first kappa shape index (κ1) is 20.2. The van der Waals surface area contributed by atoms with Gasteiger partial charge in [0.15, 0.2) is 17.3 Å². The third-order valence-corrected chi connectivity index (χ3v) is 4.95. The van der Waals surface area contributed by atoms with Gasteiger partial charge in [0.1, 0.15) is 5.65 Å². The molecular formula is C18H14F6N4O2. The molecular weight excluding hydrogens is 418 g/mol. The van der Waals surface area contributed by atoms with Gasteiger partial charge in [-0.1, -0.05) is 0 Å². The Morgan fingerprint density at radius 2 is 2.00 bits per heavy atom. The van der Waals surface area contributed by atoms with Gasteiger partial charge in [0, 0.05) is 36.7 Å². The second-order valence-electron chi connectivity index (χ2n) is 7.00. The molecule has 1 saturated carbocycles. The van der Waals surface area contributed by atoms with Crippen LogP contribution in [0.2, 0.25) is 0 Å². The van der Waals surface area contributed by atoms with Crippen LogP contribution in [0, 0.1) is 11.7 Å². The molecule has 1 atom stereocenters. The Hall–Kier alpha value is -3.05. The van der Waals surface area contributed by atoms with Gasteiger partial charge in [-0.3, -0.25) is 13.9 Å². The zero-order valence-corrected chi connectivity index (χ0v) is 15.4. The maximum absolute atomic E-state index is 14.0. The minimum atomic E-state index is -4.98. The number of alkyl halides is 5. The van der Waals surface area contributed by atoms with E-state index in [0.29, 0.717) is 10.6 Å². The van der Waals surface area contributed by atoms with Crippen LogP contribution in [0.25, 0.3) is 16.8 Å². The van der Waals surface area contributed by atoms with E-state index in [1.165, 1.54) is 4.68 Å². The summed E-state index contributed by atoms with van der Waals surface area (Å²) in [6.07, 6.45) is -2.26. The first-order valence-corrected chi connectivity index (χ1v) is 8.79. The van der Waals surface area contributed by atoms with Crippen molar-refractivity contribution in [2.75, 3.05) is 7.11 Å². The van der Waals surface area contributed by atoms with Crippen molar-refractivity contribution in [3.8, 4) is 16.9 Å². The summed E-state index contributed by atoms with van der Waals surface area (Å²) in [5.74, 6) is -4.83. The predicted octanol–water partition coefficient (Wildman–Crippen LogP) is 3.77. The van der Waals surface area contributed by atoms with E-state index in [9.17, 15) is 31.1 Å². The van der Waals surface area contributed by atoms with Gasteiger partial charge in [0.05, 0.1) is 25.1 Å². The van der Waals surface area contributed by atoms with Gasteiger partial charge >= 0.3 is 6.18 Å². The summed E-state index contributed by atoms with van der Waals surface area (Å²) in [7, 11) is 1.12. The van der Waals surface area contributed by atoms with Crippen LogP contribution in [-0.4, -0.2) is 32.2 Å². The van der Waals surface area contributed by atoms with Crippen molar-refractivity contribution in [3.63, 3.8) is 0 Å². The highest BCUT2D eigenvalue weighted by Gasteiger charge is 2.56. The van der Waals surface area contributed by atoms with E-state index in [-0.39, 0.29) is 30.7 Å². The van der Waals surface area contributed by atoms with Crippen molar-refractivity contribution in [1.29, 1.82) is 0 Å². The fourth-order valence-electron chi connectivity index (χ4n) is 3.25. The van der Waals surface area contributed by atoms with E-state index in [0.717, 1.165) is 25.6 Å². The second kappa shape index (κ2) is 6.74. The predicted molar refractivity (Wildman–Crippen MR) is 91.9 cm³/mol. The Bertz CT molecular complexity index is 1180. The molecule has 3 aromatic rings. The number of rotatable bonds is 5. The van der Waals surface area contributed by atoms with Crippen molar-refractivity contribution >= 4 is 5.65 Å². The normalized spacial score (nSPS) is 18.0. The summed E-state index contributed by atoms with van der Waals surface area (Å²) in [4.78, 5) is 16.3.